The summed E-state index contributed by atoms with van der Waals surface area (Å²) in [6.07, 6.45) is 6.25. The van der Waals surface area contributed by atoms with Gasteiger partial charge in [0.1, 0.15) is 5.75 Å². The summed E-state index contributed by atoms with van der Waals surface area (Å²) in [6, 6.07) is 7.73. The van der Waals surface area contributed by atoms with Gasteiger partial charge in [-0.3, -0.25) is 4.79 Å². The van der Waals surface area contributed by atoms with E-state index in [0.29, 0.717) is 12.3 Å². The number of para-hydroxylation sites is 1. The van der Waals surface area contributed by atoms with E-state index >= 15 is 0 Å². The van der Waals surface area contributed by atoms with Gasteiger partial charge in [0.15, 0.2) is 0 Å². The molecule has 0 bridgehead atoms. The molecule has 1 aliphatic rings. The normalized spacial score (nSPS) is 17.9. The van der Waals surface area contributed by atoms with Gasteiger partial charge < -0.3 is 9.84 Å². The summed E-state index contributed by atoms with van der Waals surface area (Å²) in [6.45, 7) is 0. The zero-order valence-electron chi connectivity index (χ0n) is 11.5. The number of rotatable bonds is 5. The third-order valence-corrected chi connectivity index (χ3v) is 4.17. The second-order valence-corrected chi connectivity index (χ2v) is 5.36. The first-order valence-electron chi connectivity index (χ1n) is 7.07. The lowest BCUT2D eigenvalue weighted by Gasteiger charge is -2.27. The number of carboxylic acids is 1. The molecule has 0 aliphatic heterocycles. The Morgan fingerprint density at radius 2 is 2.00 bits per heavy atom. The van der Waals surface area contributed by atoms with E-state index < -0.39 is 5.97 Å². The van der Waals surface area contributed by atoms with Crippen molar-refractivity contribution in [3.63, 3.8) is 0 Å². The van der Waals surface area contributed by atoms with Crippen molar-refractivity contribution in [2.75, 3.05) is 7.11 Å². The molecular weight excluding hydrogens is 240 g/mol. The van der Waals surface area contributed by atoms with Crippen molar-refractivity contribution >= 4 is 5.97 Å². The van der Waals surface area contributed by atoms with E-state index in [1.165, 1.54) is 19.3 Å². The van der Waals surface area contributed by atoms with Crippen LogP contribution in [0.2, 0.25) is 0 Å². The van der Waals surface area contributed by atoms with Crippen LogP contribution in [-0.4, -0.2) is 18.2 Å². The number of carboxylic acid groups (broad SMARTS) is 1. The van der Waals surface area contributed by atoms with Crippen molar-refractivity contribution < 1.29 is 14.6 Å². The van der Waals surface area contributed by atoms with Crippen molar-refractivity contribution in [1.82, 2.24) is 0 Å². The topological polar surface area (TPSA) is 46.5 Å². The van der Waals surface area contributed by atoms with Crippen LogP contribution in [0.15, 0.2) is 24.3 Å². The standard InChI is InChI=1S/C16H22O3/c1-19-15-10-6-5-9-13(15)11-14(16(17)18)12-7-3-2-4-8-12/h5-6,9-10,12,14H,2-4,7-8,11H2,1H3,(H,17,18). The summed E-state index contributed by atoms with van der Waals surface area (Å²) in [4.78, 5) is 11.6. The van der Waals surface area contributed by atoms with Gasteiger partial charge in [0, 0.05) is 0 Å². The van der Waals surface area contributed by atoms with Gasteiger partial charge in [-0.15, -0.1) is 0 Å². The molecular formula is C16H22O3. The van der Waals surface area contributed by atoms with Gasteiger partial charge in [-0.2, -0.15) is 0 Å². The van der Waals surface area contributed by atoms with Crippen LogP contribution in [0.1, 0.15) is 37.7 Å². The van der Waals surface area contributed by atoms with Crippen LogP contribution in [0.25, 0.3) is 0 Å². The summed E-state index contributed by atoms with van der Waals surface area (Å²) < 4.78 is 5.32. The average molecular weight is 262 g/mol. The molecule has 3 nitrogen and oxygen atoms in total. The first kappa shape index (κ1) is 13.9. The minimum Gasteiger partial charge on any atom is -0.496 e. The van der Waals surface area contributed by atoms with E-state index in [1.54, 1.807) is 7.11 Å². The highest BCUT2D eigenvalue weighted by Crippen LogP contribution is 2.33. The molecule has 0 saturated heterocycles. The quantitative estimate of drug-likeness (QED) is 0.883. The molecule has 0 amide bonds. The second-order valence-electron chi connectivity index (χ2n) is 5.36. The van der Waals surface area contributed by atoms with Crippen molar-refractivity contribution in [1.29, 1.82) is 0 Å². The molecule has 0 heterocycles. The average Bonchev–Trinajstić information content (AvgIpc) is 2.45. The maximum atomic E-state index is 11.6. The zero-order chi connectivity index (χ0) is 13.7. The van der Waals surface area contributed by atoms with Crippen LogP contribution in [0, 0.1) is 11.8 Å². The molecule has 1 fully saturated rings. The Morgan fingerprint density at radius 3 is 2.63 bits per heavy atom. The summed E-state index contributed by atoms with van der Waals surface area (Å²) in [5.74, 6) is 0.162. The number of ether oxygens (including phenoxy) is 1. The summed E-state index contributed by atoms with van der Waals surface area (Å²) >= 11 is 0. The highest BCUT2D eigenvalue weighted by molar-refractivity contribution is 5.71. The Labute approximate surface area is 114 Å². The SMILES string of the molecule is COc1ccccc1CC(C(=O)O)C1CCCCC1. The van der Waals surface area contributed by atoms with E-state index in [2.05, 4.69) is 0 Å². The molecule has 1 aromatic rings. The molecule has 1 aliphatic carbocycles. The first-order valence-corrected chi connectivity index (χ1v) is 7.07. The van der Waals surface area contributed by atoms with Crippen LogP contribution in [-0.2, 0) is 11.2 Å². The predicted molar refractivity (Wildman–Crippen MR) is 74.4 cm³/mol. The van der Waals surface area contributed by atoms with Gasteiger partial charge >= 0.3 is 5.97 Å². The van der Waals surface area contributed by atoms with Crippen LogP contribution >= 0.6 is 0 Å². The summed E-state index contributed by atoms with van der Waals surface area (Å²) in [7, 11) is 1.63. The van der Waals surface area contributed by atoms with Crippen molar-refractivity contribution in [3.8, 4) is 5.75 Å². The molecule has 19 heavy (non-hydrogen) atoms. The summed E-state index contributed by atoms with van der Waals surface area (Å²) in [5.41, 5.74) is 1.00. The van der Waals surface area contributed by atoms with Crippen LogP contribution < -0.4 is 4.74 Å². The molecule has 0 radical (unpaired) electrons. The van der Waals surface area contributed by atoms with Gasteiger partial charge in [-0.05, 0) is 36.8 Å². The fourth-order valence-electron chi connectivity index (χ4n) is 3.10. The Kier molecular flexibility index (Phi) is 4.83. The van der Waals surface area contributed by atoms with Crippen LogP contribution in [0.4, 0.5) is 0 Å². The van der Waals surface area contributed by atoms with Gasteiger partial charge in [-0.1, -0.05) is 37.5 Å². The van der Waals surface area contributed by atoms with E-state index in [-0.39, 0.29) is 5.92 Å². The minimum atomic E-state index is -0.669. The van der Waals surface area contributed by atoms with Crippen molar-refractivity contribution in [2.45, 2.75) is 38.5 Å². The number of hydrogen-bond acceptors (Lipinski definition) is 2. The smallest absolute Gasteiger partial charge is 0.307 e. The minimum absolute atomic E-state index is 0.281. The largest absolute Gasteiger partial charge is 0.496 e. The molecule has 1 atom stereocenters. The number of carbonyl (C=O) groups is 1. The fourth-order valence-corrected chi connectivity index (χ4v) is 3.10. The number of hydrogen-bond donors (Lipinski definition) is 1. The predicted octanol–water partition coefficient (Wildman–Crippen LogP) is 3.52. The Bertz CT molecular complexity index is 422. The van der Waals surface area contributed by atoms with Crippen LogP contribution in [0.5, 0.6) is 5.75 Å². The van der Waals surface area contributed by atoms with E-state index in [4.69, 9.17) is 4.74 Å². The molecule has 104 valence electrons. The maximum Gasteiger partial charge on any atom is 0.307 e. The highest BCUT2D eigenvalue weighted by atomic mass is 16.5. The van der Waals surface area contributed by atoms with Crippen molar-refractivity contribution in [2.24, 2.45) is 11.8 Å². The lowest BCUT2D eigenvalue weighted by Crippen LogP contribution is -2.27. The third-order valence-electron chi connectivity index (χ3n) is 4.17. The number of benzene rings is 1. The Balaban J connectivity index is 2.13. The van der Waals surface area contributed by atoms with Gasteiger partial charge in [0.25, 0.3) is 0 Å². The Hall–Kier alpha value is -1.51. The molecule has 3 heteroatoms. The molecule has 1 unspecified atom stereocenters. The van der Waals surface area contributed by atoms with Gasteiger partial charge in [-0.25, -0.2) is 0 Å². The third kappa shape index (κ3) is 3.49. The monoisotopic (exact) mass is 262 g/mol. The highest BCUT2D eigenvalue weighted by Gasteiger charge is 2.30. The maximum absolute atomic E-state index is 11.6. The first-order chi connectivity index (χ1) is 9.22. The molecule has 2 rings (SSSR count). The summed E-state index contributed by atoms with van der Waals surface area (Å²) in [5, 5.41) is 9.51. The number of aliphatic carboxylic acids is 1. The van der Waals surface area contributed by atoms with Gasteiger partial charge in [0.2, 0.25) is 0 Å². The molecule has 1 aromatic carbocycles. The molecule has 1 N–H and O–H groups in total. The van der Waals surface area contributed by atoms with Crippen LogP contribution in [0.3, 0.4) is 0 Å². The van der Waals surface area contributed by atoms with E-state index in [9.17, 15) is 9.90 Å². The van der Waals surface area contributed by atoms with E-state index in [0.717, 1.165) is 24.2 Å². The van der Waals surface area contributed by atoms with Gasteiger partial charge in [0.05, 0.1) is 13.0 Å². The molecule has 0 spiro atoms. The molecule has 0 aromatic heterocycles. The van der Waals surface area contributed by atoms with E-state index in [1.807, 2.05) is 24.3 Å². The fraction of sp³-hybridized carbons (Fsp3) is 0.562. The molecule has 1 saturated carbocycles. The lowest BCUT2D eigenvalue weighted by molar-refractivity contribution is -0.144. The van der Waals surface area contributed by atoms with Crippen molar-refractivity contribution in [3.05, 3.63) is 29.8 Å². The second kappa shape index (κ2) is 6.60. The Morgan fingerprint density at radius 1 is 1.32 bits per heavy atom. The zero-order valence-corrected chi connectivity index (χ0v) is 11.5. The number of methoxy groups -OCH3 is 1. The lowest BCUT2D eigenvalue weighted by atomic mass is 9.77.